The molecule has 0 bridgehead atoms. The molecule has 2 atom stereocenters. The lowest BCUT2D eigenvalue weighted by Crippen LogP contribution is -2.44. The molecule has 0 saturated carbocycles. The minimum Gasteiger partial charge on any atom is -0.496 e. The van der Waals surface area contributed by atoms with Crippen LogP contribution in [-0.2, 0) is 0 Å². The number of thioether (sulfide) groups is 1. The normalized spacial score (nSPS) is 24.4. The average molecular weight is 353 g/mol. The van der Waals surface area contributed by atoms with Crippen LogP contribution in [0.15, 0.2) is 41.3 Å². The van der Waals surface area contributed by atoms with E-state index in [1.165, 1.54) is 46.8 Å². The van der Waals surface area contributed by atoms with Crippen molar-refractivity contribution in [2.45, 2.75) is 29.7 Å². The number of nitrogens with one attached hydrogen (secondary N) is 1. The van der Waals surface area contributed by atoms with Gasteiger partial charge in [0.1, 0.15) is 5.75 Å². The van der Waals surface area contributed by atoms with E-state index >= 15 is 0 Å². The summed E-state index contributed by atoms with van der Waals surface area (Å²) >= 11 is 2.03. The minimum absolute atomic E-state index is 0.621. The molecule has 5 rings (SSSR count). The predicted octanol–water partition coefficient (Wildman–Crippen LogP) is 4.12. The average Bonchev–Trinajstić information content (AvgIpc) is 2.83. The Hall–Kier alpha value is -1.65. The summed E-state index contributed by atoms with van der Waals surface area (Å²) in [7, 11) is 1.76. The number of piperidine rings is 1. The number of benzene rings is 2. The maximum Gasteiger partial charge on any atom is 0.126 e. The van der Waals surface area contributed by atoms with Gasteiger partial charge in [0.15, 0.2) is 0 Å². The second-order valence-corrected chi connectivity index (χ2v) is 8.31. The monoisotopic (exact) mass is 352 g/mol. The Morgan fingerprint density at radius 1 is 1.24 bits per heavy atom. The van der Waals surface area contributed by atoms with Gasteiger partial charge in [0, 0.05) is 35.5 Å². The van der Waals surface area contributed by atoms with Crippen LogP contribution in [0, 0.1) is 0 Å². The number of para-hydroxylation sites is 1. The summed E-state index contributed by atoms with van der Waals surface area (Å²) in [6.45, 7) is 3.46. The molecular weight excluding hydrogens is 328 g/mol. The number of hydrogen-bond acceptors (Lipinski definition) is 4. The highest BCUT2D eigenvalue weighted by atomic mass is 32.2. The maximum atomic E-state index is 5.63. The molecule has 4 heteroatoms. The van der Waals surface area contributed by atoms with Crippen LogP contribution in [0.5, 0.6) is 5.75 Å². The minimum atomic E-state index is 0.621. The molecular formula is C21H24N2OS. The molecule has 1 fully saturated rings. The molecule has 0 radical (unpaired) electrons. The van der Waals surface area contributed by atoms with E-state index in [1.54, 1.807) is 12.7 Å². The summed E-state index contributed by atoms with van der Waals surface area (Å²) in [6, 6.07) is 13.9. The Morgan fingerprint density at radius 2 is 2.16 bits per heavy atom. The summed E-state index contributed by atoms with van der Waals surface area (Å²) in [5.74, 6) is 2.80. The van der Waals surface area contributed by atoms with Gasteiger partial charge in [-0.25, -0.2) is 0 Å². The van der Waals surface area contributed by atoms with Gasteiger partial charge in [0.2, 0.25) is 0 Å². The number of anilines is 1. The molecule has 0 aromatic heterocycles. The number of ether oxygens (including phenoxy) is 1. The fourth-order valence-electron chi connectivity index (χ4n) is 4.76. The summed E-state index contributed by atoms with van der Waals surface area (Å²) < 4.78 is 5.63. The van der Waals surface area contributed by atoms with Gasteiger partial charge in [-0.15, -0.1) is 11.8 Å². The van der Waals surface area contributed by atoms with Crippen LogP contribution in [0.4, 0.5) is 5.69 Å². The topological polar surface area (TPSA) is 24.5 Å². The summed E-state index contributed by atoms with van der Waals surface area (Å²) in [6.07, 6.45) is 2.53. The van der Waals surface area contributed by atoms with Crippen molar-refractivity contribution < 1.29 is 4.74 Å². The third-order valence-corrected chi connectivity index (χ3v) is 6.97. The molecule has 3 heterocycles. The first-order chi connectivity index (χ1) is 12.4. The second kappa shape index (κ2) is 6.26. The molecule has 3 aliphatic heterocycles. The van der Waals surface area contributed by atoms with Crippen molar-refractivity contribution in [1.82, 2.24) is 5.32 Å². The molecule has 0 aliphatic carbocycles. The molecule has 25 heavy (non-hydrogen) atoms. The van der Waals surface area contributed by atoms with E-state index in [4.69, 9.17) is 4.74 Å². The van der Waals surface area contributed by atoms with Crippen molar-refractivity contribution in [1.29, 1.82) is 0 Å². The van der Waals surface area contributed by atoms with Gasteiger partial charge in [-0.1, -0.05) is 18.2 Å². The van der Waals surface area contributed by atoms with Crippen molar-refractivity contribution in [3.8, 4) is 16.9 Å². The first-order valence-corrected chi connectivity index (χ1v) is 10.3. The first kappa shape index (κ1) is 15.6. The van der Waals surface area contributed by atoms with Gasteiger partial charge in [-0.3, -0.25) is 0 Å². The van der Waals surface area contributed by atoms with E-state index in [0.717, 1.165) is 18.8 Å². The largest absolute Gasteiger partial charge is 0.496 e. The fourth-order valence-corrected chi connectivity index (χ4v) is 5.84. The number of methoxy groups -OCH3 is 1. The zero-order valence-electron chi connectivity index (χ0n) is 14.6. The fraction of sp³-hybridized carbons (Fsp3) is 0.429. The third-order valence-electron chi connectivity index (χ3n) is 5.86. The lowest BCUT2D eigenvalue weighted by molar-refractivity contribution is 0.403. The molecule has 3 nitrogen and oxygen atoms in total. The van der Waals surface area contributed by atoms with Crippen molar-refractivity contribution in [2.24, 2.45) is 0 Å². The zero-order chi connectivity index (χ0) is 16.8. The van der Waals surface area contributed by atoms with Crippen LogP contribution in [0.1, 0.15) is 24.3 Å². The van der Waals surface area contributed by atoms with Gasteiger partial charge in [-0.2, -0.15) is 0 Å². The molecule has 2 aromatic carbocycles. The molecule has 2 aromatic rings. The van der Waals surface area contributed by atoms with Gasteiger partial charge in [-0.05, 0) is 54.5 Å². The number of rotatable bonds is 2. The second-order valence-electron chi connectivity index (χ2n) is 7.17. The zero-order valence-corrected chi connectivity index (χ0v) is 15.4. The molecule has 0 unspecified atom stereocenters. The summed E-state index contributed by atoms with van der Waals surface area (Å²) in [4.78, 5) is 4.19. The highest BCUT2D eigenvalue weighted by Crippen LogP contribution is 2.51. The highest BCUT2D eigenvalue weighted by molar-refractivity contribution is 7.99. The lowest BCUT2D eigenvalue weighted by Gasteiger charge is -2.33. The molecule has 0 spiro atoms. The Kier molecular flexibility index (Phi) is 3.90. The molecule has 130 valence electrons. The van der Waals surface area contributed by atoms with Gasteiger partial charge >= 0.3 is 0 Å². The molecule has 1 N–H and O–H groups in total. The van der Waals surface area contributed by atoms with E-state index in [2.05, 4.69) is 40.5 Å². The Morgan fingerprint density at radius 3 is 3.08 bits per heavy atom. The smallest absolute Gasteiger partial charge is 0.126 e. The van der Waals surface area contributed by atoms with E-state index < -0.39 is 0 Å². The van der Waals surface area contributed by atoms with Crippen LogP contribution in [0.2, 0.25) is 0 Å². The maximum absolute atomic E-state index is 5.63. The van der Waals surface area contributed by atoms with Gasteiger partial charge in [0.05, 0.1) is 12.8 Å². The molecule has 1 saturated heterocycles. The van der Waals surface area contributed by atoms with Crippen LogP contribution in [0.25, 0.3) is 11.1 Å². The van der Waals surface area contributed by atoms with E-state index in [9.17, 15) is 0 Å². The van der Waals surface area contributed by atoms with E-state index in [0.29, 0.717) is 12.0 Å². The number of nitrogens with zero attached hydrogens (tertiary/aromatic N) is 1. The lowest BCUT2D eigenvalue weighted by atomic mass is 9.88. The standard InChI is InChI=1S/C21H24N2OS/c1-24-19-6-3-2-5-15(19)14-11-16-17-13-22-8-7-18(17)23-9-4-10-25-20(12-14)21(16)23/h2-3,5-6,11-12,17-18,22H,4,7-10,13H2,1H3/t17-,18-/m1/s1. The molecule has 0 amide bonds. The Bertz CT molecular complexity index is 806. The highest BCUT2D eigenvalue weighted by Gasteiger charge is 2.41. The van der Waals surface area contributed by atoms with Crippen LogP contribution >= 0.6 is 11.8 Å². The number of fused-ring (bicyclic) bond motifs is 3. The van der Waals surface area contributed by atoms with Gasteiger partial charge < -0.3 is 15.0 Å². The SMILES string of the molecule is COc1ccccc1-c1cc2c3c(c1)[C@H]1CNCC[C@H]1N3CCCS2. The van der Waals surface area contributed by atoms with Crippen molar-refractivity contribution in [3.05, 3.63) is 42.0 Å². The quantitative estimate of drug-likeness (QED) is 0.879. The van der Waals surface area contributed by atoms with Crippen molar-refractivity contribution in [2.75, 3.05) is 37.4 Å². The first-order valence-electron chi connectivity index (χ1n) is 9.28. The summed E-state index contributed by atoms with van der Waals surface area (Å²) in [5, 5.41) is 3.62. The Labute approximate surface area is 153 Å². The van der Waals surface area contributed by atoms with Crippen molar-refractivity contribution in [3.63, 3.8) is 0 Å². The van der Waals surface area contributed by atoms with Crippen molar-refractivity contribution >= 4 is 17.4 Å². The molecule has 3 aliphatic rings. The van der Waals surface area contributed by atoms with Gasteiger partial charge in [0.25, 0.3) is 0 Å². The summed E-state index contributed by atoms with van der Waals surface area (Å²) in [5.41, 5.74) is 5.57. The van der Waals surface area contributed by atoms with Crippen LogP contribution in [0.3, 0.4) is 0 Å². The van der Waals surface area contributed by atoms with E-state index in [1.807, 2.05) is 17.8 Å². The van der Waals surface area contributed by atoms with Crippen LogP contribution < -0.4 is 15.0 Å². The predicted molar refractivity (Wildman–Crippen MR) is 105 cm³/mol. The Balaban J connectivity index is 1.69. The number of hydrogen-bond donors (Lipinski definition) is 1. The third kappa shape index (κ3) is 2.46. The van der Waals surface area contributed by atoms with Crippen LogP contribution in [-0.4, -0.2) is 38.5 Å². The van der Waals surface area contributed by atoms with E-state index in [-0.39, 0.29) is 0 Å².